The summed E-state index contributed by atoms with van der Waals surface area (Å²) in [6.45, 7) is 0. The molecule has 1 aromatic carbocycles. The molecule has 3 N–H and O–H groups in total. The number of aromatic nitrogens is 2. The van der Waals surface area contributed by atoms with Crippen LogP contribution >= 0.6 is 0 Å². The number of carbonyl (C=O) groups is 2. The van der Waals surface area contributed by atoms with Gasteiger partial charge in [-0.15, -0.1) is 0 Å². The van der Waals surface area contributed by atoms with Crippen molar-refractivity contribution < 1.29 is 19.1 Å². The second kappa shape index (κ2) is 4.28. The number of primary amides is 1. The smallest absolute Gasteiger partial charge is 0.335 e. The lowest BCUT2D eigenvalue weighted by molar-refractivity contribution is 0.0696. The Bertz CT molecular complexity index is 636. The largest absolute Gasteiger partial charge is 0.478 e. The lowest BCUT2D eigenvalue weighted by Gasteiger charge is -2.03. The van der Waals surface area contributed by atoms with Crippen LogP contribution in [0.3, 0.4) is 0 Å². The van der Waals surface area contributed by atoms with Crippen LogP contribution in [0.2, 0.25) is 0 Å². The molecule has 0 unspecified atom stereocenters. The quantitative estimate of drug-likeness (QED) is 0.840. The molecule has 0 aliphatic carbocycles. The monoisotopic (exact) mass is 249 g/mol. The molecule has 7 heteroatoms. The number of rotatable bonds is 3. The van der Waals surface area contributed by atoms with E-state index in [1.165, 1.54) is 24.5 Å². The van der Waals surface area contributed by atoms with E-state index in [0.29, 0.717) is 0 Å². The van der Waals surface area contributed by atoms with Gasteiger partial charge in [-0.3, -0.25) is 4.79 Å². The normalized spacial score (nSPS) is 10.3. The average Bonchev–Trinajstić information content (AvgIpc) is 2.78. The highest BCUT2D eigenvalue weighted by Crippen LogP contribution is 2.15. The minimum atomic E-state index is -1.22. The number of aromatic carboxylic acids is 1. The Morgan fingerprint density at radius 1 is 1.33 bits per heavy atom. The maximum Gasteiger partial charge on any atom is 0.335 e. The predicted molar refractivity (Wildman–Crippen MR) is 59.0 cm³/mol. The summed E-state index contributed by atoms with van der Waals surface area (Å²) in [5.74, 6) is -2.66. The Kier molecular flexibility index (Phi) is 2.80. The summed E-state index contributed by atoms with van der Waals surface area (Å²) < 4.78 is 14.8. The van der Waals surface area contributed by atoms with Gasteiger partial charge in [0, 0.05) is 6.20 Å². The molecule has 0 saturated carbocycles. The van der Waals surface area contributed by atoms with Gasteiger partial charge in [-0.1, -0.05) is 0 Å². The summed E-state index contributed by atoms with van der Waals surface area (Å²) in [6.07, 6.45) is 2.47. The lowest BCUT2D eigenvalue weighted by atomic mass is 10.2. The van der Waals surface area contributed by atoms with Crippen LogP contribution in [-0.4, -0.2) is 26.8 Å². The summed E-state index contributed by atoms with van der Waals surface area (Å²) in [4.78, 5) is 21.5. The summed E-state index contributed by atoms with van der Waals surface area (Å²) in [5.41, 5.74) is 5.05. The summed E-state index contributed by atoms with van der Waals surface area (Å²) in [7, 11) is 0. The Morgan fingerprint density at radius 2 is 2.06 bits per heavy atom. The second-order valence-electron chi connectivity index (χ2n) is 3.51. The van der Waals surface area contributed by atoms with Gasteiger partial charge in [0.25, 0.3) is 5.91 Å². The number of amides is 1. The van der Waals surface area contributed by atoms with Gasteiger partial charge >= 0.3 is 5.97 Å². The van der Waals surface area contributed by atoms with Crippen molar-refractivity contribution in [3.8, 4) is 5.69 Å². The molecule has 2 rings (SSSR count). The predicted octanol–water partition coefficient (Wildman–Crippen LogP) is 0.808. The van der Waals surface area contributed by atoms with Crippen LogP contribution in [-0.2, 0) is 0 Å². The maximum absolute atomic E-state index is 13.7. The Balaban J connectivity index is 2.44. The molecular weight excluding hydrogens is 241 g/mol. The van der Waals surface area contributed by atoms with Gasteiger partial charge in [0.15, 0.2) is 0 Å². The molecule has 18 heavy (non-hydrogen) atoms. The number of carboxylic acids is 1. The molecule has 1 amide bonds. The number of carboxylic acid groups (broad SMARTS) is 1. The number of carbonyl (C=O) groups excluding carboxylic acids is 1. The van der Waals surface area contributed by atoms with Crippen LogP contribution in [0.5, 0.6) is 0 Å². The average molecular weight is 249 g/mol. The highest BCUT2D eigenvalue weighted by molar-refractivity contribution is 5.92. The molecule has 1 heterocycles. The molecule has 1 aromatic heterocycles. The van der Waals surface area contributed by atoms with Crippen molar-refractivity contribution in [3.05, 3.63) is 47.5 Å². The molecule has 2 aromatic rings. The zero-order valence-corrected chi connectivity index (χ0v) is 9.00. The highest BCUT2D eigenvalue weighted by Gasteiger charge is 2.12. The Morgan fingerprint density at radius 3 is 2.56 bits per heavy atom. The fraction of sp³-hybridized carbons (Fsp3) is 0. The van der Waals surface area contributed by atoms with Crippen LogP contribution in [0, 0.1) is 5.82 Å². The first-order valence-electron chi connectivity index (χ1n) is 4.86. The Labute approximate surface area is 100 Å². The fourth-order valence-corrected chi connectivity index (χ4v) is 1.41. The van der Waals surface area contributed by atoms with Gasteiger partial charge in [0.05, 0.1) is 17.3 Å². The zero-order valence-electron chi connectivity index (χ0n) is 9.00. The van der Waals surface area contributed by atoms with Crippen molar-refractivity contribution in [3.63, 3.8) is 0 Å². The van der Waals surface area contributed by atoms with Crippen molar-refractivity contribution in [2.45, 2.75) is 0 Å². The van der Waals surface area contributed by atoms with Gasteiger partial charge in [-0.05, 0) is 18.2 Å². The molecule has 0 radical (unpaired) electrons. The van der Waals surface area contributed by atoms with Crippen molar-refractivity contribution in [1.29, 1.82) is 0 Å². The van der Waals surface area contributed by atoms with Crippen LogP contribution in [0.4, 0.5) is 4.39 Å². The molecule has 0 aliphatic rings. The molecule has 0 fully saturated rings. The van der Waals surface area contributed by atoms with E-state index >= 15 is 0 Å². The minimum absolute atomic E-state index is 0.0347. The topological polar surface area (TPSA) is 98.2 Å². The van der Waals surface area contributed by atoms with E-state index in [2.05, 4.69) is 5.10 Å². The van der Waals surface area contributed by atoms with E-state index < -0.39 is 17.7 Å². The number of nitrogens with two attached hydrogens (primary N) is 1. The molecular formula is C11H8FN3O3. The van der Waals surface area contributed by atoms with Gasteiger partial charge < -0.3 is 10.8 Å². The number of nitrogens with zero attached hydrogens (tertiary/aromatic N) is 2. The van der Waals surface area contributed by atoms with E-state index in [4.69, 9.17) is 10.8 Å². The Hall–Kier alpha value is -2.70. The molecule has 0 saturated heterocycles. The number of hydrogen-bond acceptors (Lipinski definition) is 3. The zero-order chi connectivity index (χ0) is 13.3. The van der Waals surface area contributed by atoms with Crippen LogP contribution in [0.1, 0.15) is 20.7 Å². The molecule has 6 nitrogen and oxygen atoms in total. The first-order chi connectivity index (χ1) is 8.49. The van der Waals surface area contributed by atoms with Gasteiger partial charge in [0.1, 0.15) is 11.5 Å². The molecule has 0 atom stereocenters. The minimum Gasteiger partial charge on any atom is -0.478 e. The highest BCUT2D eigenvalue weighted by atomic mass is 19.1. The lowest BCUT2D eigenvalue weighted by Crippen LogP contribution is -2.09. The molecule has 92 valence electrons. The third-order valence-electron chi connectivity index (χ3n) is 2.31. The van der Waals surface area contributed by atoms with Gasteiger partial charge in [-0.2, -0.15) is 5.10 Å². The van der Waals surface area contributed by atoms with Crippen LogP contribution < -0.4 is 5.73 Å². The van der Waals surface area contributed by atoms with E-state index in [1.54, 1.807) is 0 Å². The number of halogens is 1. The van der Waals surface area contributed by atoms with Gasteiger partial charge in [0.2, 0.25) is 0 Å². The van der Waals surface area contributed by atoms with E-state index in [0.717, 1.165) is 10.7 Å². The van der Waals surface area contributed by atoms with E-state index in [1.807, 2.05) is 0 Å². The van der Waals surface area contributed by atoms with Crippen molar-refractivity contribution in [2.75, 3.05) is 0 Å². The number of hydrogen-bond donors (Lipinski definition) is 2. The standard InChI is InChI=1S/C11H8FN3O3/c12-8-3-6(11(17)18)1-2-9(8)15-5-7(4-14-15)10(13)16/h1-5H,(H2,13,16)(H,17,18). The van der Waals surface area contributed by atoms with Crippen LogP contribution in [0.25, 0.3) is 5.69 Å². The first-order valence-corrected chi connectivity index (χ1v) is 4.86. The third kappa shape index (κ3) is 2.05. The summed E-state index contributed by atoms with van der Waals surface area (Å²) in [6, 6.07) is 3.38. The fourth-order valence-electron chi connectivity index (χ4n) is 1.41. The summed E-state index contributed by atoms with van der Waals surface area (Å²) >= 11 is 0. The second-order valence-corrected chi connectivity index (χ2v) is 3.51. The van der Waals surface area contributed by atoms with Crippen molar-refractivity contribution in [2.24, 2.45) is 5.73 Å². The molecule has 0 bridgehead atoms. The molecule has 0 spiro atoms. The summed E-state index contributed by atoms with van der Waals surface area (Å²) in [5, 5.41) is 12.5. The van der Waals surface area contributed by atoms with Crippen molar-refractivity contribution >= 4 is 11.9 Å². The van der Waals surface area contributed by atoms with E-state index in [-0.39, 0.29) is 16.8 Å². The molecule has 0 aliphatic heterocycles. The van der Waals surface area contributed by atoms with Gasteiger partial charge in [-0.25, -0.2) is 13.9 Å². The SMILES string of the molecule is NC(=O)c1cnn(-c2ccc(C(=O)O)cc2F)c1. The van der Waals surface area contributed by atoms with E-state index in [9.17, 15) is 14.0 Å². The number of benzene rings is 1. The first kappa shape index (κ1) is 11.8. The maximum atomic E-state index is 13.7. The van der Waals surface area contributed by atoms with Crippen molar-refractivity contribution in [1.82, 2.24) is 9.78 Å². The van der Waals surface area contributed by atoms with Crippen LogP contribution in [0.15, 0.2) is 30.6 Å². The third-order valence-corrected chi connectivity index (χ3v) is 2.31.